The molecule has 2 rings (SSSR count). The predicted molar refractivity (Wildman–Crippen MR) is 52.6 cm³/mol. The lowest BCUT2D eigenvalue weighted by molar-refractivity contribution is -0.136. The Morgan fingerprint density at radius 3 is 3.13 bits per heavy atom. The van der Waals surface area contributed by atoms with Crippen LogP contribution >= 0.6 is 0 Å². The minimum Gasteiger partial charge on any atom is -0.481 e. The summed E-state index contributed by atoms with van der Waals surface area (Å²) >= 11 is 0. The molecule has 0 radical (unpaired) electrons. The van der Waals surface area contributed by atoms with Gasteiger partial charge >= 0.3 is 5.97 Å². The van der Waals surface area contributed by atoms with Gasteiger partial charge in [-0.3, -0.25) is 4.79 Å². The quantitative estimate of drug-likeness (QED) is 0.786. The topological polar surface area (TPSA) is 75.2 Å². The van der Waals surface area contributed by atoms with E-state index >= 15 is 0 Å². The van der Waals surface area contributed by atoms with Gasteiger partial charge in [-0.2, -0.15) is 0 Å². The smallest absolute Gasteiger partial charge is 0.309 e. The number of hydrogen-bond acceptors (Lipinski definition) is 3. The summed E-state index contributed by atoms with van der Waals surface area (Å²) in [6.07, 6.45) is 1.99. The van der Waals surface area contributed by atoms with Crippen molar-refractivity contribution in [3.8, 4) is 0 Å². The average Bonchev–Trinajstić information content (AvgIpc) is 2.75. The first-order valence-electron chi connectivity index (χ1n) is 5.05. The van der Waals surface area contributed by atoms with E-state index in [0.29, 0.717) is 5.69 Å². The Morgan fingerprint density at radius 2 is 2.53 bits per heavy atom. The number of hydrogen-bond donors (Lipinski definition) is 2. The van der Waals surface area contributed by atoms with Gasteiger partial charge in [0.05, 0.1) is 12.1 Å². The number of rotatable bonds is 3. The zero-order valence-electron chi connectivity index (χ0n) is 8.62. The van der Waals surface area contributed by atoms with E-state index in [0.717, 1.165) is 31.0 Å². The first-order valence-corrected chi connectivity index (χ1v) is 5.05. The zero-order valence-corrected chi connectivity index (χ0v) is 8.62. The molecule has 1 aromatic heterocycles. The largest absolute Gasteiger partial charge is 0.481 e. The number of aromatic nitrogens is 2. The standard InChI is InChI=1S/C10H14N2O3/c1-6-7(5-9(13)14)12-10(11-6)8-3-2-4-15-8/h8H,2-5H2,1H3,(H,11,12)(H,13,14). The van der Waals surface area contributed by atoms with Crippen molar-refractivity contribution in [3.05, 3.63) is 17.2 Å². The van der Waals surface area contributed by atoms with Crippen LogP contribution in [0.3, 0.4) is 0 Å². The van der Waals surface area contributed by atoms with E-state index in [2.05, 4.69) is 9.97 Å². The Labute approximate surface area is 87.5 Å². The third kappa shape index (κ3) is 2.18. The number of carboxylic acid groups (broad SMARTS) is 1. The summed E-state index contributed by atoms with van der Waals surface area (Å²) in [6, 6.07) is 0. The molecule has 1 aliphatic heterocycles. The first-order chi connectivity index (χ1) is 7.16. The van der Waals surface area contributed by atoms with Gasteiger partial charge in [-0.15, -0.1) is 0 Å². The average molecular weight is 210 g/mol. The van der Waals surface area contributed by atoms with E-state index in [1.807, 2.05) is 6.92 Å². The molecule has 1 fully saturated rings. The molecule has 0 saturated carbocycles. The molecule has 0 bridgehead atoms. The van der Waals surface area contributed by atoms with Gasteiger partial charge in [0.2, 0.25) is 0 Å². The van der Waals surface area contributed by atoms with Crippen LogP contribution in [0, 0.1) is 6.92 Å². The van der Waals surface area contributed by atoms with E-state index in [1.165, 1.54) is 0 Å². The van der Waals surface area contributed by atoms with Gasteiger partial charge in [0, 0.05) is 12.3 Å². The summed E-state index contributed by atoms with van der Waals surface area (Å²) in [6.45, 7) is 2.60. The lowest BCUT2D eigenvalue weighted by atomic mass is 10.2. The van der Waals surface area contributed by atoms with Crippen LogP contribution in [0.1, 0.15) is 36.2 Å². The summed E-state index contributed by atoms with van der Waals surface area (Å²) in [4.78, 5) is 17.9. The molecule has 15 heavy (non-hydrogen) atoms. The van der Waals surface area contributed by atoms with E-state index in [4.69, 9.17) is 9.84 Å². The van der Waals surface area contributed by atoms with Crippen molar-refractivity contribution in [3.63, 3.8) is 0 Å². The van der Waals surface area contributed by atoms with E-state index in [1.54, 1.807) is 0 Å². The molecule has 0 aromatic carbocycles. The van der Waals surface area contributed by atoms with Gasteiger partial charge in [0.1, 0.15) is 11.9 Å². The Bertz CT molecular complexity index is 367. The highest BCUT2D eigenvalue weighted by atomic mass is 16.5. The molecule has 1 unspecified atom stereocenters. The SMILES string of the molecule is Cc1[nH]c(C2CCCO2)nc1CC(=O)O. The molecule has 2 N–H and O–H groups in total. The maximum absolute atomic E-state index is 10.6. The second-order valence-electron chi connectivity index (χ2n) is 3.77. The van der Waals surface area contributed by atoms with E-state index in [9.17, 15) is 4.79 Å². The molecule has 0 spiro atoms. The maximum Gasteiger partial charge on any atom is 0.309 e. The van der Waals surface area contributed by atoms with E-state index in [-0.39, 0.29) is 12.5 Å². The molecule has 1 atom stereocenters. The Hall–Kier alpha value is -1.36. The van der Waals surface area contributed by atoms with Crippen LogP contribution in [0.25, 0.3) is 0 Å². The minimum atomic E-state index is -0.858. The summed E-state index contributed by atoms with van der Waals surface area (Å²) in [5, 5.41) is 8.68. The van der Waals surface area contributed by atoms with Gasteiger partial charge in [-0.25, -0.2) is 4.98 Å². The molecule has 1 saturated heterocycles. The normalized spacial score (nSPS) is 20.7. The van der Waals surface area contributed by atoms with Crippen LogP contribution in [-0.2, 0) is 16.0 Å². The highest BCUT2D eigenvalue weighted by Crippen LogP contribution is 2.27. The van der Waals surface area contributed by atoms with Crippen molar-refractivity contribution >= 4 is 5.97 Å². The number of aromatic amines is 1. The first kappa shape index (κ1) is 10.2. The van der Waals surface area contributed by atoms with Crippen molar-refractivity contribution in [1.82, 2.24) is 9.97 Å². The van der Waals surface area contributed by atoms with Crippen molar-refractivity contribution in [2.75, 3.05) is 6.61 Å². The number of aliphatic carboxylic acids is 1. The molecule has 1 aromatic rings. The van der Waals surface area contributed by atoms with Crippen LogP contribution in [0.5, 0.6) is 0 Å². The summed E-state index contributed by atoms with van der Waals surface area (Å²) in [7, 11) is 0. The monoisotopic (exact) mass is 210 g/mol. The van der Waals surface area contributed by atoms with Crippen molar-refractivity contribution in [2.24, 2.45) is 0 Å². The summed E-state index contributed by atoms with van der Waals surface area (Å²) < 4.78 is 5.47. The van der Waals surface area contributed by atoms with Gasteiger partial charge in [-0.05, 0) is 19.8 Å². The third-order valence-corrected chi connectivity index (χ3v) is 2.56. The summed E-state index contributed by atoms with van der Waals surface area (Å²) in [5.41, 5.74) is 1.43. The van der Waals surface area contributed by atoms with Crippen LogP contribution < -0.4 is 0 Å². The van der Waals surface area contributed by atoms with Gasteiger partial charge in [0.15, 0.2) is 0 Å². The second kappa shape index (κ2) is 4.02. The molecule has 2 heterocycles. The van der Waals surface area contributed by atoms with Crippen molar-refractivity contribution in [2.45, 2.75) is 32.3 Å². The molecule has 0 aliphatic carbocycles. The van der Waals surface area contributed by atoms with Crippen LogP contribution in [-0.4, -0.2) is 27.7 Å². The van der Waals surface area contributed by atoms with Gasteiger partial charge in [0.25, 0.3) is 0 Å². The molecule has 0 amide bonds. The van der Waals surface area contributed by atoms with Gasteiger partial charge < -0.3 is 14.8 Å². The number of ether oxygens (including phenoxy) is 1. The lowest BCUT2D eigenvalue weighted by Gasteiger charge is -2.03. The Balaban J connectivity index is 2.16. The number of carbonyl (C=O) groups is 1. The van der Waals surface area contributed by atoms with Crippen LogP contribution in [0.2, 0.25) is 0 Å². The number of nitrogens with one attached hydrogen (secondary N) is 1. The fourth-order valence-corrected chi connectivity index (χ4v) is 1.78. The minimum absolute atomic E-state index is 0.0197. The molecular formula is C10H14N2O3. The number of aryl methyl sites for hydroxylation is 1. The fraction of sp³-hybridized carbons (Fsp3) is 0.600. The van der Waals surface area contributed by atoms with E-state index < -0.39 is 5.97 Å². The fourth-order valence-electron chi connectivity index (χ4n) is 1.78. The van der Waals surface area contributed by atoms with Crippen molar-refractivity contribution in [1.29, 1.82) is 0 Å². The predicted octanol–water partition coefficient (Wildman–Crippen LogP) is 1.20. The molecule has 1 aliphatic rings. The molecule has 5 nitrogen and oxygen atoms in total. The maximum atomic E-state index is 10.6. The van der Waals surface area contributed by atoms with Crippen molar-refractivity contribution < 1.29 is 14.6 Å². The Kier molecular flexibility index (Phi) is 2.73. The molecule has 82 valence electrons. The van der Waals surface area contributed by atoms with Crippen LogP contribution in [0.15, 0.2) is 0 Å². The third-order valence-electron chi connectivity index (χ3n) is 2.56. The zero-order chi connectivity index (χ0) is 10.8. The number of imidazole rings is 1. The second-order valence-corrected chi connectivity index (χ2v) is 3.77. The number of H-pyrrole nitrogens is 1. The molecule has 5 heteroatoms. The number of carboxylic acids is 1. The highest BCUT2D eigenvalue weighted by molar-refractivity contribution is 5.69. The van der Waals surface area contributed by atoms with Gasteiger partial charge in [-0.1, -0.05) is 0 Å². The lowest BCUT2D eigenvalue weighted by Crippen LogP contribution is -2.02. The van der Waals surface area contributed by atoms with Crippen LogP contribution in [0.4, 0.5) is 0 Å². The molecular weight excluding hydrogens is 196 g/mol. The summed E-state index contributed by atoms with van der Waals surface area (Å²) in [5.74, 6) is -0.0928. The Morgan fingerprint density at radius 1 is 1.73 bits per heavy atom. The highest BCUT2D eigenvalue weighted by Gasteiger charge is 2.22. The number of nitrogens with zero attached hydrogens (tertiary/aromatic N) is 1.